The predicted octanol–water partition coefficient (Wildman–Crippen LogP) is 2.73. The van der Waals surface area contributed by atoms with Crippen LogP contribution in [0.4, 0.5) is 0 Å². The van der Waals surface area contributed by atoms with Crippen LogP contribution in [-0.4, -0.2) is 11.3 Å². The fourth-order valence-electron chi connectivity index (χ4n) is 1.53. The SMILES string of the molecule is CC(=O)c1ccc(-c2ccccc2)cc1.O. The Labute approximate surface area is 94.9 Å². The van der Waals surface area contributed by atoms with Gasteiger partial charge in [-0.1, -0.05) is 54.6 Å². The number of carbonyl (C=O) groups is 1. The summed E-state index contributed by atoms with van der Waals surface area (Å²) in [5, 5.41) is 0. The lowest BCUT2D eigenvalue weighted by Crippen LogP contribution is -1.90. The molecular formula is C14H14O2. The molecular weight excluding hydrogens is 200 g/mol. The summed E-state index contributed by atoms with van der Waals surface area (Å²) in [5.74, 6) is 0.106. The lowest BCUT2D eigenvalue weighted by molar-refractivity contribution is 0.101. The Bertz CT molecular complexity index is 458. The Kier molecular flexibility index (Phi) is 3.97. The molecule has 0 unspecified atom stereocenters. The molecule has 2 N–H and O–H groups in total. The molecule has 2 nitrogen and oxygen atoms in total. The third-order valence-electron chi connectivity index (χ3n) is 2.40. The molecule has 0 spiro atoms. The van der Waals surface area contributed by atoms with Gasteiger partial charge in [-0.2, -0.15) is 0 Å². The molecule has 0 bridgehead atoms. The quantitative estimate of drug-likeness (QED) is 0.709. The van der Waals surface area contributed by atoms with E-state index in [4.69, 9.17) is 0 Å². The molecule has 2 aromatic carbocycles. The van der Waals surface area contributed by atoms with E-state index in [1.165, 1.54) is 5.56 Å². The van der Waals surface area contributed by atoms with Gasteiger partial charge in [-0.05, 0) is 18.1 Å². The molecule has 2 rings (SSSR count). The summed E-state index contributed by atoms with van der Waals surface area (Å²) in [6.45, 7) is 1.58. The molecule has 0 radical (unpaired) electrons. The van der Waals surface area contributed by atoms with E-state index in [-0.39, 0.29) is 11.3 Å². The Morgan fingerprint density at radius 2 is 1.31 bits per heavy atom. The molecule has 0 aliphatic carbocycles. The maximum absolute atomic E-state index is 11.1. The molecule has 0 aliphatic heterocycles. The highest BCUT2D eigenvalue weighted by Gasteiger charge is 1.99. The minimum Gasteiger partial charge on any atom is -0.412 e. The molecule has 16 heavy (non-hydrogen) atoms. The Morgan fingerprint density at radius 1 is 0.812 bits per heavy atom. The van der Waals surface area contributed by atoms with Crippen LogP contribution in [-0.2, 0) is 0 Å². The number of Topliss-reactive ketones (excluding diaryl/α,β-unsaturated/α-hetero) is 1. The van der Waals surface area contributed by atoms with Crippen molar-refractivity contribution in [3.63, 3.8) is 0 Å². The first-order chi connectivity index (χ1) is 7.27. The summed E-state index contributed by atoms with van der Waals surface area (Å²) in [6, 6.07) is 17.8. The highest BCUT2D eigenvalue weighted by Crippen LogP contribution is 2.19. The predicted molar refractivity (Wildman–Crippen MR) is 65.5 cm³/mol. The van der Waals surface area contributed by atoms with Gasteiger partial charge in [-0.3, -0.25) is 4.79 Å². The standard InChI is InChI=1S/C14H12O.H2O/c1-11(15)12-7-9-14(10-8-12)13-5-3-2-4-6-13;/h2-10H,1H3;1H2. The lowest BCUT2D eigenvalue weighted by Gasteiger charge is -2.01. The Balaban J connectivity index is 0.00000128. The van der Waals surface area contributed by atoms with E-state index in [2.05, 4.69) is 12.1 Å². The first-order valence-electron chi connectivity index (χ1n) is 4.94. The second-order valence-corrected chi connectivity index (χ2v) is 3.50. The molecule has 0 aliphatic rings. The van der Waals surface area contributed by atoms with Crippen molar-refractivity contribution in [1.29, 1.82) is 0 Å². The maximum atomic E-state index is 11.1. The van der Waals surface area contributed by atoms with Gasteiger partial charge in [-0.15, -0.1) is 0 Å². The van der Waals surface area contributed by atoms with Crippen LogP contribution >= 0.6 is 0 Å². The zero-order chi connectivity index (χ0) is 10.7. The van der Waals surface area contributed by atoms with E-state index in [1.54, 1.807) is 6.92 Å². The van der Waals surface area contributed by atoms with Crippen LogP contribution < -0.4 is 0 Å². The molecule has 0 atom stereocenters. The van der Waals surface area contributed by atoms with Crippen molar-refractivity contribution in [1.82, 2.24) is 0 Å². The molecule has 0 amide bonds. The van der Waals surface area contributed by atoms with E-state index in [0.717, 1.165) is 11.1 Å². The summed E-state index contributed by atoms with van der Waals surface area (Å²) in [5.41, 5.74) is 3.07. The zero-order valence-electron chi connectivity index (χ0n) is 9.10. The largest absolute Gasteiger partial charge is 0.412 e. The van der Waals surface area contributed by atoms with Gasteiger partial charge < -0.3 is 5.48 Å². The van der Waals surface area contributed by atoms with Crippen LogP contribution in [0.25, 0.3) is 11.1 Å². The van der Waals surface area contributed by atoms with Crippen molar-refractivity contribution in [3.8, 4) is 11.1 Å². The third kappa shape index (κ3) is 2.55. The molecule has 82 valence electrons. The van der Waals surface area contributed by atoms with Crippen LogP contribution in [0, 0.1) is 0 Å². The molecule has 2 aromatic rings. The number of ketones is 1. The van der Waals surface area contributed by atoms with E-state index < -0.39 is 0 Å². The van der Waals surface area contributed by atoms with Gasteiger partial charge in [0.2, 0.25) is 0 Å². The zero-order valence-corrected chi connectivity index (χ0v) is 9.10. The third-order valence-corrected chi connectivity index (χ3v) is 2.40. The van der Waals surface area contributed by atoms with Crippen LogP contribution in [0.2, 0.25) is 0 Å². The van der Waals surface area contributed by atoms with Gasteiger partial charge in [0.15, 0.2) is 5.78 Å². The molecule has 0 heterocycles. The highest BCUT2D eigenvalue weighted by molar-refractivity contribution is 5.94. The molecule has 0 aromatic heterocycles. The van der Waals surface area contributed by atoms with Crippen LogP contribution in [0.5, 0.6) is 0 Å². The van der Waals surface area contributed by atoms with E-state index in [9.17, 15) is 4.79 Å². The van der Waals surface area contributed by atoms with E-state index in [1.807, 2.05) is 42.5 Å². The van der Waals surface area contributed by atoms with E-state index in [0.29, 0.717) is 0 Å². The summed E-state index contributed by atoms with van der Waals surface area (Å²) in [7, 11) is 0. The fraction of sp³-hybridized carbons (Fsp3) is 0.0714. The minimum absolute atomic E-state index is 0. The second kappa shape index (κ2) is 5.24. The first kappa shape index (κ1) is 12.1. The van der Waals surface area contributed by atoms with E-state index >= 15 is 0 Å². The summed E-state index contributed by atoms with van der Waals surface area (Å²) in [4.78, 5) is 11.1. The summed E-state index contributed by atoms with van der Waals surface area (Å²) >= 11 is 0. The van der Waals surface area contributed by atoms with Gasteiger partial charge in [0.25, 0.3) is 0 Å². The van der Waals surface area contributed by atoms with Crippen molar-refractivity contribution >= 4 is 5.78 Å². The van der Waals surface area contributed by atoms with Crippen molar-refractivity contribution in [2.45, 2.75) is 6.92 Å². The topological polar surface area (TPSA) is 48.6 Å². The summed E-state index contributed by atoms with van der Waals surface area (Å²) in [6.07, 6.45) is 0. The number of carbonyl (C=O) groups excluding carboxylic acids is 1. The number of benzene rings is 2. The Hall–Kier alpha value is -1.93. The monoisotopic (exact) mass is 214 g/mol. The smallest absolute Gasteiger partial charge is 0.159 e. The van der Waals surface area contributed by atoms with Crippen LogP contribution in [0.3, 0.4) is 0 Å². The number of hydrogen-bond donors (Lipinski definition) is 0. The van der Waals surface area contributed by atoms with Crippen LogP contribution in [0.1, 0.15) is 17.3 Å². The molecule has 0 saturated carbocycles. The van der Waals surface area contributed by atoms with Crippen molar-refractivity contribution in [3.05, 3.63) is 60.2 Å². The van der Waals surface area contributed by atoms with Crippen molar-refractivity contribution in [2.75, 3.05) is 0 Å². The average molecular weight is 214 g/mol. The van der Waals surface area contributed by atoms with Gasteiger partial charge in [0.1, 0.15) is 0 Å². The normalized spacial score (nSPS) is 9.31. The van der Waals surface area contributed by atoms with Gasteiger partial charge >= 0.3 is 0 Å². The molecule has 0 fully saturated rings. The highest BCUT2D eigenvalue weighted by atomic mass is 16.1. The van der Waals surface area contributed by atoms with Crippen molar-refractivity contribution in [2.24, 2.45) is 0 Å². The molecule has 2 heteroatoms. The Morgan fingerprint density at radius 3 is 1.81 bits per heavy atom. The van der Waals surface area contributed by atoms with Gasteiger partial charge in [0, 0.05) is 5.56 Å². The minimum atomic E-state index is 0. The van der Waals surface area contributed by atoms with Crippen molar-refractivity contribution < 1.29 is 10.3 Å². The summed E-state index contributed by atoms with van der Waals surface area (Å²) < 4.78 is 0. The van der Waals surface area contributed by atoms with Crippen LogP contribution in [0.15, 0.2) is 54.6 Å². The average Bonchev–Trinajstić information content (AvgIpc) is 2.30. The fourth-order valence-corrected chi connectivity index (χ4v) is 1.53. The lowest BCUT2D eigenvalue weighted by atomic mass is 10.0. The van der Waals surface area contributed by atoms with Gasteiger partial charge in [-0.25, -0.2) is 0 Å². The number of rotatable bonds is 2. The molecule has 0 saturated heterocycles. The first-order valence-corrected chi connectivity index (χ1v) is 4.94. The number of hydrogen-bond acceptors (Lipinski definition) is 1. The maximum Gasteiger partial charge on any atom is 0.159 e. The second-order valence-electron chi connectivity index (χ2n) is 3.50. The van der Waals surface area contributed by atoms with Gasteiger partial charge in [0.05, 0.1) is 0 Å².